The van der Waals surface area contributed by atoms with Gasteiger partial charge in [0.1, 0.15) is 5.69 Å². The monoisotopic (exact) mass is 298 g/mol. The molecule has 114 valence electrons. The first-order valence-corrected chi connectivity index (χ1v) is 7.25. The number of H-pyrrole nitrogens is 1. The minimum Gasteiger partial charge on any atom is -0.461 e. The maximum Gasteiger partial charge on any atom is 0.356 e. The minimum absolute atomic E-state index is 0.0146. The van der Waals surface area contributed by atoms with E-state index in [2.05, 4.69) is 16.0 Å². The van der Waals surface area contributed by atoms with Gasteiger partial charge in [-0.05, 0) is 37.6 Å². The molecule has 3 aromatic rings. The molecule has 0 saturated carbocycles. The summed E-state index contributed by atoms with van der Waals surface area (Å²) in [6.07, 6.45) is 1.68. The molecule has 0 aliphatic heterocycles. The summed E-state index contributed by atoms with van der Waals surface area (Å²) in [6, 6.07) is 7.90. The van der Waals surface area contributed by atoms with E-state index in [0.29, 0.717) is 12.3 Å². The van der Waals surface area contributed by atoms with E-state index in [4.69, 9.17) is 9.47 Å². The van der Waals surface area contributed by atoms with Crippen LogP contribution >= 0.6 is 0 Å². The van der Waals surface area contributed by atoms with Gasteiger partial charge in [0, 0.05) is 23.4 Å². The van der Waals surface area contributed by atoms with Crippen LogP contribution in [-0.2, 0) is 9.47 Å². The number of rotatable bonds is 4. The molecule has 1 N–H and O–H groups in total. The number of nitrogens with zero attached hydrogens (tertiary/aromatic N) is 1. The molecule has 0 spiro atoms. The third kappa shape index (κ3) is 2.44. The average molecular weight is 298 g/mol. The van der Waals surface area contributed by atoms with Crippen molar-refractivity contribution in [1.29, 1.82) is 0 Å². The Bertz CT molecular complexity index is 838. The fraction of sp³-hybridized carbons (Fsp3) is 0.294. The predicted octanol–water partition coefficient (Wildman–Crippen LogP) is 3.60. The Kier molecular flexibility index (Phi) is 3.81. The molecule has 22 heavy (non-hydrogen) atoms. The molecule has 0 aliphatic carbocycles. The number of benzene rings is 1. The molecule has 1 aromatic carbocycles. The first kappa shape index (κ1) is 14.5. The lowest BCUT2D eigenvalue weighted by Gasteiger charge is -2.09. The minimum atomic E-state index is -0.403. The Morgan fingerprint density at radius 3 is 2.77 bits per heavy atom. The van der Waals surface area contributed by atoms with Crippen molar-refractivity contribution in [2.75, 3.05) is 13.7 Å². The third-order valence-corrected chi connectivity index (χ3v) is 3.81. The number of hydrogen-bond acceptors (Lipinski definition) is 4. The summed E-state index contributed by atoms with van der Waals surface area (Å²) in [6.45, 7) is 4.12. The number of carbonyl (C=O) groups excluding carboxylic acids is 1. The van der Waals surface area contributed by atoms with Crippen molar-refractivity contribution in [3.8, 4) is 0 Å². The number of esters is 1. The number of nitrogens with one attached hydrogen (secondary N) is 1. The number of hydrogen-bond donors (Lipinski definition) is 1. The number of pyridine rings is 1. The molecule has 5 heteroatoms. The van der Waals surface area contributed by atoms with Crippen LogP contribution in [0, 0.1) is 0 Å². The largest absolute Gasteiger partial charge is 0.461 e. The molecule has 1 atom stereocenters. The number of carbonyl (C=O) groups is 1. The van der Waals surface area contributed by atoms with Gasteiger partial charge in [-0.15, -0.1) is 0 Å². The summed E-state index contributed by atoms with van der Waals surface area (Å²) in [5.41, 5.74) is 3.31. The van der Waals surface area contributed by atoms with E-state index in [1.165, 1.54) is 0 Å². The van der Waals surface area contributed by atoms with Gasteiger partial charge in [-0.3, -0.25) is 0 Å². The summed E-state index contributed by atoms with van der Waals surface area (Å²) in [4.78, 5) is 19.3. The number of fused-ring (bicyclic) bond motifs is 3. The van der Waals surface area contributed by atoms with Crippen LogP contribution in [0.5, 0.6) is 0 Å². The van der Waals surface area contributed by atoms with Crippen molar-refractivity contribution in [3.05, 3.63) is 41.7 Å². The number of ether oxygens (including phenoxy) is 2. The van der Waals surface area contributed by atoms with Gasteiger partial charge in [-0.25, -0.2) is 9.78 Å². The molecule has 2 aromatic heterocycles. The topological polar surface area (TPSA) is 64.2 Å². The van der Waals surface area contributed by atoms with Crippen LogP contribution in [0.3, 0.4) is 0 Å². The molecule has 1 unspecified atom stereocenters. The van der Waals surface area contributed by atoms with E-state index in [1.807, 2.05) is 19.1 Å². The van der Waals surface area contributed by atoms with Crippen molar-refractivity contribution in [2.24, 2.45) is 0 Å². The lowest BCUT2D eigenvalue weighted by atomic mass is 10.1. The van der Waals surface area contributed by atoms with Gasteiger partial charge < -0.3 is 14.5 Å². The fourth-order valence-electron chi connectivity index (χ4n) is 2.52. The second kappa shape index (κ2) is 5.77. The highest BCUT2D eigenvalue weighted by Crippen LogP contribution is 2.29. The molecule has 0 bridgehead atoms. The summed E-state index contributed by atoms with van der Waals surface area (Å²) >= 11 is 0. The first-order chi connectivity index (χ1) is 10.6. The van der Waals surface area contributed by atoms with Crippen LogP contribution < -0.4 is 0 Å². The van der Waals surface area contributed by atoms with Crippen LogP contribution in [0.1, 0.15) is 36.0 Å². The highest BCUT2D eigenvalue weighted by Gasteiger charge is 2.13. The van der Waals surface area contributed by atoms with Crippen molar-refractivity contribution in [3.63, 3.8) is 0 Å². The molecule has 3 rings (SSSR count). The Labute approximate surface area is 128 Å². The molecule has 2 heterocycles. The van der Waals surface area contributed by atoms with Crippen molar-refractivity contribution in [1.82, 2.24) is 9.97 Å². The van der Waals surface area contributed by atoms with Crippen LogP contribution in [0.2, 0.25) is 0 Å². The first-order valence-electron chi connectivity index (χ1n) is 7.25. The summed E-state index contributed by atoms with van der Waals surface area (Å²) in [5, 5.41) is 2.00. The summed E-state index contributed by atoms with van der Waals surface area (Å²) in [7, 11) is 1.69. The van der Waals surface area contributed by atoms with Gasteiger partial charge in [0.25, 0.3) is 0 Å². The van der Waals surface area contributed by atoms with Crippen molar-refractivity contribution < 1.29 is 14.3 Å². The highest BCUT2D eigenvalue weighted by atomic mass is 16.5. The van der Waals surface area contributed by atoms with E-state index in [-0.39, 0.29) is 6.10 Å². The quantitative estimate of drug-likeness (QED) is 0.747. The zero-order valence-corrected chi connectivity index (χ0v) is 12.8. The Morgan fingerprint density at radius 2 is 2.05 bits per heavy atom. The lowest BCUT2D eigenvalue weighted by molar-refractivity contribution is 0.0520. The van der Waals surface area contributed by atoms with Gasteiger partial charge in [0.05, 0.1) is 24.4 Å². The third-order valence-electron chi connectivity index (χ3n) is 3.81. The highest BCUT2D eigenvalue weighted by molar-refractivity contribution is 6.08. The van der Waals surface area contributed by atoms with Gasteiger partial charge >= 0.3 is 5.97 Å². The molecular formula is C17H18N2O3. The maximum absolute atomic E-state index is 11.9. The van der Waals surface area contributed by atoms with Gasteiger partial charge in [-0.1, -0.05) is 6.07 Å². The number of aromatic amines is 1. The lowest BCUT2D eigenvalue weighted by Crippen LogP contribution is -2.06. The van der Waals surface area contributed by atoms with Gasteiger partial charge in [0.2, 0.25) is 0 Å². The molecule has 0 aliphatic rings. The van der Waals surface area contributed by atoms with Crippen LogP contribution in [-0.4, -0.2) is 29.7 Å². The van der Waals surface area contributed by atoms with Crippen LogP contribution in [0.25, 0.3) is 21.8 Å². The van der Waals surface area contributed by atoms with E-state index < -0.39 is 5.97 Å². The fourth-order valence-corrected chi connectivity index (χ4v) is 2.52. The van der Waals surface area contributed by atoms with Gasteiger partial charge in [-0.2, -0.15) is 0 Å². The summed E-state index contributed by atoms with van der Waals surface area (Å²) in [5.74, 6) is -0.403. The van der Waals surface area contributed by atoms with Crippen LogP contribution in [0.4, 0.5) is 0 Å². The molecule has 0 saturated heterocycles. The molecule has 5 nitrogen and oxygen atoms in total. The Hall–Kier alpha value is -2.40. The van der Waals surface area contributed by atoms with E-state index in [0.717, 1.165) is 27.4 Å². The summed E-state index contributed by atoms with van der Waals surface area (Å²) < 4.78 is 10.4. The zero-order valence-electron chi connectivity index (χ0n) is 12.8. The Morgan fingerprint density at radius 1 is 1.27 bits per heavy atom. The van der Waals surface area contributed by atoms with Gasteiger partial charge in [0.15, 0.2) is 0 Å². The number of aromatic nitrogens is 2. The zero-order chi connectivity index (χ0) is 15.7. The molecular weight excluding hydrogens is 280 g/mol. The van der Waals surface area contributed by atoms with Crippen molar-refractivity contribution >= 4 is 27.8 Å². The molecule has 0 amide bonds. The predicted molar refractivity (Wildman–Crippen MR) is 85.0 cm³/mol. The number of methoxy groups -OCH3 is 1. The van der Waals surface area contributed by atoms with Crippen molar-refractivity contribution in [2.45, 2.75) is 20.0 Å². The second-order valence-electron chi connectivity index (χ2n) is 5.14. The maximum atomic E-state index is 11.9. The average Bonchev–Trinajstić information content (AvgIpc) is 2.91. The van der Waals surface area contributed by atoms with Crippen LogP contribution in [0.15, 0.2) is 30.5 Å². The normalized spacial score (nSPS) is 12.7. The van der Waals surface area contributed by atoms with E-state index in [9.17, 15) is 4.79 Å². The Balaban J connectivity index is 2.16. The standard InChI is InChI=1S/C17H18N2O3/c1-4-22-17(20)15-8-13-12-7-11(10(2)21-3)5-6-14(12)19-16(13)9-18-15/h5-10,19H,4H2,1-3H3. The SMILES string of the molecule is CCOC(=O)c1cc2c(cn1)[nH]c1ccc(C(C)OC)cc12. The van der Waals surface area contributed by atoms with E-state index >= 15 is 0 Å². The second-order valence-corrected chi connectivity index (χ2v) is 5.14. The molecule has 0 radical (unpaired) electrons. The smallest absolute Gasteiger partial charge is 0.356 e. The van der Waals surface area contributed by atoms with E-state index in [1.54, 1.807) is 26.3 Å². The molecule has 0 fully saturated rings.